The number of piperazine rings is 1. The lowest BCUT2D eigenvalue weighted by atomic mass is 10.1. The lowest BCUT2D eigenvalue weighted by Crippen LogP contribution is -2.89. The zero-order valence-corrected chi connectivity index (χ0v) is 17.0. The van der Waals surface area contributed by atoms with Crippen LogP contribution in [0.2, 0.25) is 5.02 Å². The lowest BCUT2D eigenvalue weighted by Gasteiger charge is -2.26. The Morgan fingerprint density at radius 2 is 1.76 bits per heavy atom. The van der Waals surface area contributed by atoms with Crippen LogP contribution in [0.15, 0.2) is 33.9 Å². The molecule has 1 aromatic carbocycles. The summed E-state index contributed by atoms with van der Waals surface area (Å²) in [6, 6.07) is 6.64. The number of aryl methyl sites for hydroxylation is 1. The fourth-order valence-corrected chi connectivity index (χ4v) is 3.77. The maximum atomic E-state index is 13.0. The molecule has 0 bridgehead atoms. The van der Waals surface area contributed by atoms with Gasteiger partial charge in [0.1, 0.15) is 0 Å². The quantitative estimate of drug-likeness (QED) is 0.569. The van der Waals surface area contributed by atoms with E-state index in [4.69, 9.17) is 11.6 Å². The first-order valence-corrected chi connectivity index (χ1v) is 9.78. The highest BCUT2D eigenvalue weighted by molar-refractivity contribution is 6.30. The molecule has 152 valence electrons. The molecule has 2 aromatic heterocycles. The number of ketones is 1. The molecule has 0 radical (unpaired) electrons. The van der Waals surface area contributed by atoms with E-state index in [1.807, 2.05) is 0 Å². The number of halogens is 1. The van der Waals surface area contributed by atoms with Crippen LogP contribution in [0.3, 0.4) is 0 Å². The number of quaternary nitrogens is 1. The standard InChI is InChI=1S/C19H21ClN6O3/c1-23-16-15(17(28)24(2)19(23)29)26(18(22-16)25-9-7-21-8-10-25)11-14(27)12-3-5-13(20)6-4-12/h3-6,21H,7-11H2,1-2H3/p+1. The summed E-state index contributed by atoms with van der Waals surface area (Å²) < 4.78 is 4.03. The fraction of sp³-hybridized carbons (Fsp3) is 0.368. The number of anilines is 1. The van der Waals surface area contributed by atoms with Crippen LogP contribution in [0.25, 0.3) is 11.2 Å². The third kappa shape index (κ3) is 3.36. The summed E-state index contributed by atoms with van der Waals surface area (Å²) in [6.45, 7) is 3.22. The largest absolute Gasteiger partial charge is 0.343 e. The highest BCUT2D eigenvalue weighted by Crippen LogP contribution is 2.21. The molecule has 0 unspecified atom stereocenters. The van der Waals surface area contributed by atoms with Crippen molar-refractivity contribution in [3.63, 3.8) is 0 Å². The SMILES string of the molecule is Cn1c(=O)c2c(nc(N3CC[NH2+]CC3)n2CC(=O)c2ccc(Cl)cc2)n(C)c1=O. The number of fused-ring (bicyclic) bond motifs is 1. The number of imidazole rings is 1. The van der Waals surface area contributed by atoms with Gasteiger partial charge in [-0.2, -0.15) is 4.98 Å². The minimum atomic E-state index is -0.464. The minimum absolute atomic E-state index is 0.0544. The minimum Gasteiger partial charge on any atom is -0.343 e. The van der Waals surface area contributed by atoms with Crippen LogP contribution >= 0.6 is 11.6 Å². The van der Waals surface area contributed by atoms with Gasteiger partial charge in [0.2, 0.25) is 5.95 Å². The average Bonchev–Trinajstić information content (AvgIpc) is 3.11. The zero-order valence-electron chi connectivity index (χ0n) is 16.3. The first kappa shape index (κ1) is 19.4. The molecule has 0 aliphatic carbocycles. The van der Waals surface area contributed by atoms with E-state index in [2.05, 4.69) is 15.2 Å². The van der Waals surface area contributed by atoms with E-state index in [0.717, 1.165) is 30.7 Å². The highest BCUT2D eigenvalue weighted by atomic mass is 35.5. The Kier molecular flexibility index (Phi) is 5.01. The third-order valence-corrected chi connectivity index (χ3v) is 5.54. The predicted octanol–water partition coefficient (Wildman–Crippen LogP) is -0.647. The molecule has 4 rings (SSSR count). The predicted molar refractivity (Wildman–Crippen MR) is 110 cm³/mol. The Morgan fingerprint density at radius 3 is 2.41 bits per heavy atom. The van der Waals surface area contributed by atoms with Crippen molar-refractivity contribution in [2.24, 2.45) is 14.1 Å². The number of carbonyl (C=O) groups is 1. The topological polar surface area (TPSA) is 98.7 Å². The Hall–Kier alpha value is -2.91. The van der Waals surface area contributed by atoms with Gasteiger partial charge in [-0.25, -0.2) is 4.79 Å². The van der Waals surface area contributed by atoms with Crippen molar-refractivity contribution in [3.05, 3.63) is 55.7 Å². The number of hydrogen-bond acceptors (Lipinski definition) is 5. The van der Waals surface area contributed by atoms with Gasteiger partial charge in [0.25, 0.3) is 5.56 Å². The number of carbonyl (C=O) groups excluding carboxylic acids is 1. The molecular formula is C19H22ClN6O3+. The van der Waals surface area contributed by atoms with E-state index in [9.17, 15) is 14.4 Å². The maximum Gasteiger partial charge on any atom is 0.332 e. The molecule has 3 heterocycles. The van der Waals surface area contributed by atoms with Crippen LogP contribution in [-0.2, 0) is 20.6 Å². The molecule has 29 heavy (non-hydrogen) atoms. The van der Waals surface area contributed by atoms with Crippen LogP contribution in [0, 0.1) is 0 Å². The van der Waals surface area contributed by atoms with Crippen LogP contribution in [0.5, 0.6) is 0 Å². The maximum absolute atomic E-state index is 13.0. The van der Waals surface area contributed by atoms with E-state index in [0.29, 0.717) is 16.5 Å². The zero-order chi connectivity index (χ0) is 20.7. The van der Waals surface area contributed by atoms with Crippen molar-refractivity contribution in [1.82, 2.24) is 18.7 Å². The van der Waals surface area contributed by atoms with E-state index in [1.54, 1.807) is 35.9 Å². The molecule has 3 aromatic rings. The number of rotatable bonds is 4. The van der Waals surface area contributed by atoms with Crippen molar-refractivity contribution in [3.8, 4) is 0 Å². The summed E-state index contributed by atoms with van der Waals surface area (Å²) in [5.41, 5.74) is 0.118. The van der Waals surface area contributed by atoms with Gasteiger partial charge in [0, 0.05) is 24.7 Å². The number of aromatic nitrogens is 4. The van der Waals surface area contributed by atoms with Crippen LogP contribution in [-0.4, -0.2) is 50.6 Å². The molecule has 0 atom stereocenters. The van der Waals surface area contributed by atoms with Gasteiger partial charge in [-0.1, -0.05) is 11.6 Å². The van der Waals surface area contributed by atoms with Gasteiger partial charge in [0.05, 0.1) is 32.7 Å². The summed E-state index contributed by atoms with van der Waals surface area (Å²) in [6.07, 6.45) is 0. The molecule has 0 spiro atoms. The second-order valence-electron chi connectivity index (χ2n) is 7.16. The van der Waals surface area contributed by atoms with Crippen LogP contribution < -0.4 is 21.5 Å². The number of nitrogens with two attached hydrogens (primary N) is 1. The number of nitrogens with zero attached hydrogens (tertiary/aromatic N) is 5. The van der Waals surface area contributed by atoms with Gasteiger partial charge in [-0.15, -0.1) is 0 Å². The summed E-state index contributed by atoms with van der Waals surface area (Å²) >= 11 is 5.92. The van der Waals surface area contributed by atoms with Gasteiger partial charge in [0.15, 0.2) is 16.9 Å². The average molecular weight is 418 g/mol. The highest BCUT2D eigenvalue weighted by Gasteiger charge is 2.26. The summed E-state index contributed by atoms with van der Waals surface area (Å²) in [5.74, 6) is 0.371. The number of benzene rings is 1. The molecule has 9 nitrogen and oxygen atoms in total. The van der Waals surface area contributed by atoms with Crippen molar-refractivity contribution in [2.45, 2.75) is 6.54 Å². The van der Waals surface area contributed by atoms with Gasteiger partial charge >= 0.3 is 5.69 Å². The number of hydrogen-bond donors (Lipinski definition) is 1. The third-order valence-electron chi connectivity index (χ3n) is 5.28. The normalized spacial score (nSPS) is 14.5. The van der Waals surface area contributed by atoms with E-state index in [-0.39, 0.29) is 23.5 Å². The summed E-state index contributed by atoms with van der Waals surface area (Å²) in [4.78, 5) is 44.9. The Balaban J connectivity index is 1.89. The van der Waals surface area contributed by atoms with Crippen LogP contribution in [0.4, 0.5) is 5.95 Å². The molecular weight excluding hydrogens is 396 g/mol. The summed E-state index contributed by atoms with van der Waals surface area (Å²) in [7, 11) is 3.01. The van der Waals surface area contributed by atoms with Crippen LogP contribution in [0.1, 0.15) is 10.4 Å². The molecule has 2 N–H and O–H groups in total. The molecule has 1 aliphatic rings. The molecule has 1 aliphatic heterocycles. The first-order chi connectivity index (χ1) is 13.9. The molecule has 10 heteroatoms. The monoisotopic (exact) mass is 417 g/mol. The molecule has 0 saturated carbocycles. The fourth-order valence-electron chi connectivity index (χ4n) is 3.65. The van der Waals surface area contributed by atoms with E-state index < -0.39 is 11.2 Å². The Morgan fingerprint density at radius 1 is 1.10 bits per heavy atom. The van der Waals surface area contributed by atoms with Gasteiger partial charge in [-0.3, -0.25) is 23.3 Å². The lowest BCUT2D eigenvalue weighted by molar-refractivity contribution is -0.655. The Bertz CT molecular complexity index is 1200. The van der Waals surface area contributed by atoms with Gasteiger partial charge < -0.3 is 10.2 Å². The van der Waals surface area contributed by atoms with E-state index >= 15 is 0 Å². The van der Waals surface area contributed by atoms with E-state index in [1.165, 1.54) is 11.6 Å². The second-order valence-corrected chi connectivity index (χ2v) is 7.60. The number of Topliss-reactive ketones (excluding diaryl/α,β-unsaturated/α-hetero) is 1. The molecule has 0 amide bonds. The molecule has 1 saturated heterocycles. The van der Waals surface area contributed by atoms with Crippen molar-refractivity contribution < 1.29 is 10.1 Å². The summed E-state index contributed by atoms with van der Waals surface area (Å²) in [5, 5.41) is 2.75. The second kappa shape index (κ2) is 7.49. The van der Waals surface area contributed by atoms with Crippen molar-refractivity contribution >= 4 is 34.5 Å². The van der Waals surface area contributed by atoms with Gasteiger partial charge in [-0.05, 0) is 24.3 Å². The smallest absolute Gasteiger partial charge is 0.332 e. The molecule has 1 fully saturated rings. The van der Waals surface area contributed by atoms with Crippen molar-refractivity contribution in [1.29, 1.82) is 0 Å². The Labute approximate surface area is 171 Å². The first-order valence-electron chi connectivity index (χ1n) is 9.40. The van der Waals surface area contributed by atoms with Crippen molar-refractivity contribution in [2.75, 3.05) is 31.1 Å².